The van der Waals surface area contributed by atoms with Crippen LogP contribution in [0.4, 0.5) is 5.69 Å². The number of halogens is 2. The Morgan fingerprint density at radius 2 is 1.73 bits per heavy atom. The van der Waals surface area contributed by atoms with Crippen molar-refractivity contribution < 1.29 is 8.42 Å². The third-order valence-electron chi connectivity index (χ3n) is 3.22. The minimum absolute atomic E-state index is 0.0616. The van der Waals surface area contributed by atoms with Gasteiger partial charge in [0.1, 0.15) is 4.90 Å². The summed E-state index contributed by atoms with van der Waals surface area (Å²) in [7, 11) is -3.83. The Bertz CT molecular complexity index is 793. The smallest absolute Gasteiger partial charge is 0.265 e. The minimum Gasteiger partial charge on any atom is -0.276 e. The van der Waals surface area contributed by atoms with Gasteiger partial charge in [-0.3, -0.25) is 9.40 Å². The van der Waals surface area contributed by atoms with E-state index in [0.717, 1.165) is 0 Å². The fourth-order valence-corrected chi connectivity index (χ4v) is 4.43. The van der Waals surface area contributed by atoms with E-state index >= 15 is 0 Å². The maximum Gasteiger partial charge on any atom is 0.265 e. The molecule has 1 aromatic heterocycles. The molecule has 0 aliphatic carbocycles. The Balaban J connectivity index is 2.53. The number of hydrogen-bond donors (Lipinski definition) is 1. The molecule has 0 unspecified atom stereocenters. The van der Waals surface area contributed by atoms with Gasteiger partial charge in [-0.2, -0.15) is 5.10 Å². The van der Waals surface area contributed by atoms with Gasteiger partial charge in [-0.25, -0.2) is 8.42 Å². The largest absolute Gasteiger partial charge is 0.276 e. The summed E-state index contributed by atoms with van der Waals surface area (Å²) >= 11 is 12.1. The molecule has 0 atom stereocenters. The number of benzene rings is 1. The van der Waals surface area contributed by atoms with Crippen molar-refractivity contribution in [1.29, 1.82) is 0 Å². The average Bonchev–Trinajstić information content (AvgIpc) is 2.70. The molecule has 0 aliphatic rings. The Morgan fingerprint density at radius 1 is 1.18 bits per heavy atom. The highest BCUT2D eigenvalue weighted by Gasteiger charge is 2.26. The van der Waals surface area contributed by atoms with Crippen LogP contribution in [-0.4, -0.2) is 18.2 Å². The number of anilines is 1. The number of hydrogen-bond acceptors (Lipinski definition) is 3. The fraction of sp³-hybridized carbons (Fsp3) is 0.357. The molecular weight excluding hydrogens is 345 g/mol. The van der Waals surface area contributed by atoms with Crippen molar-refractivity contribution in [3.63, 3.8) is 0 Å². The Morgan fingerprint density at radius 3 is 2.18 bits per heavy atom. The second kappa shape index (κ2) is 6.10. The van der Waals surface area contributed by atoms with E-state index in [-0.39, 0.29) is 26.7 Å². The lowest BCUT2D eigenvalue weighted by Gasteiger charge is -2.12. The second-order valence-corrected chi connectivity index (χ2v) is 7.67. The number of sulfonamides is 1. The molecule has 8 heteroatoms. The van der Waals surface area contributed by atoms with Crippen LogP contribution in [0.25, 0.3) is 0 Å². The molecule has 0 saturated carbocycles. The van der Waals surface area contributed by atoms with E-state index in [4.69, 9.17) is 23.2 Å². The lowest BCUT2D eigenvalue weighted by molar-refractivity contribution is 0.514. The van der Waals surface area contributed by atoms with E-state index in [9.17, 15) is 8.42 Å². The van der Waals surface area contributed by atoms with Crippen molar-refractivity contribution >= 4 is 38.9 Å². The van der Waals surface area contributed by atoms with Crippen LogP contribution in [0.5, 0.6) is 0 Å². The highest BCUT2D eigenvalue weighted by atomic mass is 35.5. The Labute approximate surface area is 140 Å². The molecule has 1 aromatic carbocycles. The molecule has 0 aliphatic heterocycles. The fourth-order valence-electron chi connectivity index (χ4n) is 2.32. The van der Waals surface area contributed by atoms with Crippen LogP contribution in [0, 0.1) is 13.8 Å². The van der Waals surface area contributed by atoms with Crippen molar-refractivity contribution in [2.75, 3.05) is 4.72 Å². The normalized spacial score (nSPS) is 12.0. The molecule has 22 heavy (non-hydrogen) atoms. The molecule has 120 valence electrons. The van der Waals surface area contributed by atoms with Gasteiger partial charge in [0, 0.05) is 6.04 Å². The van der Waals surface area contributed by atoms with Gasteiger partial charge in [0.15, 0.2) is 0 Å². The lowest BCUT2D eigenvalue weighted by atomic mass is 10.3. The van der Waals surface area contributed by atoms with Crippen LogP contribution in [0.1, 0.15) is 31.3 Å². The van der Waals surface area contributed by atoms with Gasteiger partial charge in [0.2, 0.25) is 0 Å². The van der Waals surface area contributed by atoms with Gasteiger partial charge in [-0.1, -0.05) is 29.3 Å². The first-order valence-electron chi connectivity index (χ1n) is 6.67. The third kappa shape index (κ3) is 3.09. The summed E-state index contributed by atoms with van der Waals surface area (Å²) in [4.78, 5) is 0.150. The number of para-hydroxylation sites is 1. The summed E-state index contributed by atoms with van der Waals surface area (Å²) in [6, 6.07) is 4.85. The number of aryl methyl sites for hydroxylation is 1. The van der Waals surface area contributed by atoms with Gasteiger partial charge in [-0.05, 0) is 39.8 Å². The average molecular weight is 362 g/mol. The molecule has 0 saturated heterocycles. The minimum atomic E-state index is -3.83. The van der Waals surface area contributed by atoms with Crippen LogP contribution >= 0.6 is 23.2 Å². The topological polar surface area (TPSA) is 64.0 Å². The molecule has 0 spiro atoms. The summed E-state index contributed by atoms with van der Waals surface area (Å²) in [6.45, 7) is 7.26. The van der Waals surface area contributed by atoms with E-state index in [1.54, 1.807) is 36.7 Å². The molecule has 0 bridgehead atoms. The molecule has 2 rings (SSSR count). The zero-order valence-electron chi connectivity index (χ0n) is 12.7. The van der Waals surface area contributed by atoms with Gasteiger partial charge >= 0.3 is 0 Å². The van der Waals surface area contributed by atoms with E-state index in [0.29, 0.717) is 11.4 Å². The van der Waals surface area contributed by atoms with Gasteiger partial charge in [0.05, 0.1) is 27.1 Å². The van der Waals surface area contributed by atoms with E-state index < -0.39 is 10.0 Å². The highest BCUT2D eigenvalue weighted by Crippen LogP contribution is 2.33. The molecule has 0 fully saturated rings. The van der Waals surface area contributed by atoms with Gasteiger partial charge in [0.25, 0.3) is 10.0 Å². The predicted octanol–water partition coefficient (Wildman–Crippen LogP) is 4.19. The lowest BCUT2D eigenvalue weighted by Crippen LogP contribution is -2.16. The van der Waals surface area contributed by atoms with Crippen LogP contribution < -0.4 is 4.72 Å². The quantitative estimate of drug-likeness (QED) is 0.887. The monoisotopic (exact) mass is 361 g/mol. The van der Waals surface area contributed by atoms with E-state index in [1.807, 2.05) is 13.8 Å². The van der Waals surface area contributed by atoms with Gasteiger partial charge < -0.3 is 0 Å². The van der Waals surface area contributed by atoms with Crippen LogP contribution in [0.2, 0.25) is 10.0 Å². The first-order valence-corrected chi connectivity index (χ1v) is 8.91. The second-order valence-electron chi connectivity index (χ2n) is 5.24. The summed E-state index contributed by atoms with van der Waals surface area (Å²) < 4.78 is 29.5. The Kier molecular flexibility index (Phi) is 4.75. The van der Waals surface area contributed by atoms with Crippen LogP contribution in [0.3, 0.4) is 0 Å². The molecular formula is C14H17Cl2N3O2S. The number of nitrogens with zero attached hydrogens (tertiary/aromatic N) is 2. The van der Waals surface area contributed by atoms with E-state index in [2.05, 4.69) is 9.82 Å². The van der Waals surface area contributed by atoms with Crippen LogP contribution in [0.15, 0.2) is 23.1 Å². The zero-order chi connectivity index (χ0) is 16.7. The van der Waals surface area contributed by atoms with Crippen molar-refractivity contribution in [3.8, 4) is 0 Å². The summed E-state index contributed by atoms with van der Waals surface area (Å²) in [5.74, 6) is 0. The van der Waals surface area contributed by atoms with Crippen molar-refractivity contribution in [3.05, 3.63) is 39.6 Å². The highest BCUT2D eigenvalue weighted by molar-refractivity contribution is 7.92. The molecule has 1 N–H and O–H groups in total. The molecule has 2 aromatic rings. The molecule has 0 amide bonds. The number of nitrogens with one attached hydrogen (secondary N) is 1. The van der Waals surface area contributed by atoms with Crippen molar-refractivity contribution in [2.24, 2.45) is 0 Å². The standard InChI is InChI=1S/C14H17Cl2N3O2S/c1-8(2)19-10(4)14(9(3)17-19)22(20,21)18-13-11(15)6-5-7-12(13)16/h5-8,18H,1-4H3. The first-order chi connectivity index (χ1) is 10.1. The zero-order valence-corrected chi connectivity index (χ0v) is 15.0. The predicted molar refractivity (Wildman–Crippen MR) is 89.4 cm³/mol. The maximum atomic E-state index is 12.7. The maximum absolute atomic E-state index is 12.7. The van der Waals surface area contributed by atoms with E-state index in [1.165, 1.54) is 0 Å². The molecule has 5 nitrogen and oxygen atoms in total. The summed E-state index contributed by atoms with van der Waals surface area (Å²) in [5.41, 5.74) is 1.17. The SMILES string of the molecule is Cc1nn(C(C)C)c(C)c1S(=O)(=O)Nc1c(Cl)cccc1Cl. The third-order valence-corrected chi connectivity index (χ3v) is 5.45. The first kappa shape index (κ1) is 17.1. The number of rotatable bonds is 4. The van der Waals surface area contributed by atoms with Crippen molar-refractivity contribution in [2.45, 2.75) is 38.6 Å². The Hall–Kier alpha value is -1.24. The summed E-state index contributed by atoms with van der Waals surface area (Å²) in [6.07, 6.45) is 0. The number of aromatic nitrogens is 2. The van der Waals surface area contributed by atoms with Gasteiger partial charge in [-0.15, -0.1) is 0 Å². The molecule has 0 radical (unpaired) electrons. The van der Waals surface area contributed by atoms with Crippen LogP contribution in [-0.2, 0) is 10.0 Å². The molecule has 1 heterocycles. The van der Waals surface area contributed by atoms with Crippen molar-refractivity contribution in [1.82, 2.24) is 9.78 Å². The summed E-state index contributed by atoms with van der Waals surface area (Å²) in [5, 5.41) is 4.77.